The van der Waals surface area contributed by atoms with Crippen molar-refractivity contribution in [3.05, 3.63) is 82.9 Å². The minimum atomic E-state index is -0.833. The zero-order valence-electron chi connectivity index (χ0n) is 22.9. The number of carbonyl (C=O) groups is 3. The lowest BCUT2D eigenvalue weighted by atomic mass is 10.1. The van der Waals surface area contributed by atoms with Gasteiger partial charge in [0.05, 0.1) is 38.5 Å². The average molecular weight is 596 g/mol. The van der Waals surface area contributed by atoms with Gasteiger partial charge < -0.3 is 24.4 Å². The van der Waals surface area contributed by atoms with Crippen molar-refractivity contribution in [2.24, 2.45) is 0 Å². The van der Waals surface area contributed by atoms with E-state index in [0.717, 1.165) is 5.56 Å². The number of halogens is 1. The summed E-state index contributed by atoms with van der Waals surface area (Å²) in [6.07, 6.45) is 0.395. The highest BCUT2D eigenvalue weighted by Crippen LogP contribution is 2.31. The summed E-state index contributed by atoms with van der Waals surface area (Å²) in [5.41, 5.74) is 2.34. The fraction of sp³-hybridized carbons (Fsp3) is 0.267. The highest BCUT2D eigenvalue weighted by atomic mass is 35.5. The Labute approximate surface area is 248 Å². The molecule has 1 aliphatic rings. The number of esters is 1. The molecular weight excluding hydrogens is 566 g/mol. The first kappa shape index (κ1) is 29.8. The predicted molar refractivity (Wildman–Crippen MR) is 161 cm³/mol. The van der Waals surface area contributed by atoms with Crippen LogP contribution in [0.1, 0.15) is 29.3 Å². The largest absolute Gasteiger partial charge is 0.493 e. The zero-order chi connectivity index (χ0) is 29.5. The van der Waals surface area contributed by atoms with Gasteiger partial charge in [-0.15, -0.1) is 0 Å². The van der Waals surface area contributed by atoms with E-state index in [1.54, 1.807) is 74.6 Å². The maximum atomic E-state index is 13.7. The van der Waals surface area contributed by atoms with Gasteiger partial charge in [-0.3, -0.25) is 14.5 Å². The first-order valence-corrected chi connectivity index (χ1v) is 13.7. The van der Waals surface area contributed by atoms with Crippen LogP contribution in [0.3, 0.4) is 0 Å². The van der Waals surface area contributed by atoms with Crippen molar-refractivity contribution in [3.8, 4) is 11.5 Å². The molecule has 0 bridgehead atoms. The second kappa shape index (κ2) is 13.5. The van der Waals surface area contributed by atoms with E-state index in [-0.39, 0.29) is 30.0 Å². The predicted octanol–water partition coefficient (Wildman–Crippen LogP) is 5.11. The molecule has 2 amide bonds. The summed E-state index contributed by atoms with van der Waals surface area (Å²) in [6, 6.07) is 18.0. The van der Waals surface area contributed by atoms with Crippen LogP contribution in [0.25, 0.3) is 0 Å². The Balaban J connectivity index is 1.53. The zero-order valence-corrected chi connectivity index (χ0v) is 24.5. The summed E-state index contributed by atoms with van der Waals surface area (Å²) in [4.78, 5) is 41.9. The molecule has 0 aromatic heterocycles. The van der Waals surface area contributed by atoms with Gasteiger partial charge in [-0.1, -0.05) is 23.7 Å². The summed E-state index contributed by atoms with van der Waals surface area (Å²) >= 11 is 12.0. The summed E-state index contributed by atoms with van der Waals surface area (Å²) in [5, 5.41) is 3.55. The van der Waals surface area contributed by atoms with Crippen LogP contribution in [-0.4, -0.2) is 61.2 Å². The van der Waals surface area contributed by atoms with E-state index < -0.39 is 12.0 Å². The van der Waals surface area contributed by atoms with E-state index in [1.165, 1.54) is 4.90 Å². The minimum absolute atomic E-state index is 0.137. The van der Waals surface area contributed by atoms with Crippen LogP contribution in [0, 0.1) is 0 Å². The second-order valence-corrected chi connectivity index (χ2v) is 9.94. The SMILES string of the molecule is CCOC(=O)c1ccc(NC(=O)C[C@H]2C(=O)N(c3cccc(Cl)c3)C(=S)N2CCc2ccc(OC)c(OC)c2)cc1. The van der Waals surface area contributed by atoms with E-state index in [0.29, 0.717) is 46.4 Å². The van der Waals surface area contributed by atoms with Gasteiger partial charge in [-0.2, -0.15) is 0 Å². The number of benzene rings is 3. The number of thiocarbonyl (C=S) groups is 1. The summed E-state index contributed by atoms with van der Waals surface area (Å²) < 4.78 is 15.7. The number of methoxy groups -OCH3 is 2. The fourth-order valence-electron chi connectivity index (χ4n) is 4.52. The third-order valence-electron chi connectivity index (χ3n) is 6.53. The van der Waals surface area contributed by atoms with E-state index in [1.807, 2.05) is 18.2 Å². The molecule has 1 fully saturated rings. The molecule has 1 heterocycles. The molecule has 0 unspecified atom stereocenters. The Morgan fingerprint density at radius 2 is 1.73 bits per heavy atom. The molecule has 0 spiro atoms. The molecule has 0 aliphatic carbocycles. The Bertz CT molecular complexity index is 1450. The van der Waals surface area contributed by atoms with E-state index in [9.17, 15) is 14.4 Å². The molecule has 9 nitrogen and oxygen atoms in total. The Morgan fingerprint density at radius 1 is 1.00 bits per heavy atom. The minimum Gasteiger partial charge on any atom is -0.493 e. The van der Waals surface area contributed by atoms with Crippen LogP contribution < -0.4 is 19.7 Å². The quantitative estimate of drug-likeness (QED) is 0.241. The normalized spacial score (nSPS) is 14.7. The number of rotatable bonds is 11. The molecule has 4 rings (SSSR count). The third-order valence-corrected chi connectivity index (χ3v) is 7.19. The smallest absolute Gasteiger partial charge is 0.338 e. The highest BCUT2D eigenvalue weighted by Gasteiger charge is 2.44. The van der Waals surface area contributed by atoms with Gasteiger partial charge >= 0.3 is 5.97 Å². The van der Waals surface area contributed by atoms with Gasteiger partial charge in [0.2, 0.25) is 5.91 Å². The maximum absolute atomic E-state index is 13.7. The van der Waals surface area contributed by atoms with Crippen molar-refractivity contribution in [1.82, 2.24) is 4.90 Å². The highest BCUT2D eigenvalue weighted by molar-refractivity contribution is 7.80. The van der Waals surface area contributed by atoms with E-state index in [2.05, 4.69) is 5.32 Å². The molecule has 1 atom stereocenters. The van der Waals surface area contributed by atoms with Gasteiger partial charge in [-0.05, 0) is 85.7 Å². The van der Waals surface area contributed by atoms with Gasteiger partial charge in [0.1, 0.15) is 6.04 Å². The van der Waals surface area contributed by atoms with Crippen molar-refractivity contribution in [1.29, 1.82) is 0 Å². The van der Waals surface area contributed by atoms with Gasteiger partial charge in [0.15, 0.2) is 16.6 Å². The molecule has 1 N–H and O–H groups in total. The van der Waals surface area contributed by atoms with Gasteiger partial charge in [0, 0.05) is 17.3 Å². The van der Waals surface area contributed by atoms with Crippen molar-refractivity contribution in [2.45, 2.75) is 25.8 Å². The van der Waals surface area contributed by atoms with Gasteiger partial charge in [-0.25, -0.2) is 4.79 Å². The van der Waals surface area contributed by atoms with E-state index >= 15 is 0 Å². The van der Waals surface area contributed by atoms with Crippen LogP contribution >= 0.6 is 23.8 Å². The van der Waals surface area contributed by atoms with Crippen molar-refractivity contribution >= 4 is 58.1 Å². The number of hydrogen-bond donors (Lipinski definition) is 1. The number of ether oxygens (including phenoxy) is 3. The van der Waals surface area contributed by atoms with Crippen LogP contribution in [0.2, 0.25) is 5.02 Å². The molecule has 41 heavy (non-hydrogen) atoms. The first-order chi connectivity index (χ1) is 19.7. The third kappa shape index (κ3) is 6.96. The van der Waals surface area contributed by atoms with Crippen molar-refractivity contribution < 1.29 is 28.6 Å². The standard InChI is InChI=1S/C30H30ClN3O6S/c1-4-40-29(37)20-9-11-22(12-10-20)32-27(35)18-24-28(36)34(23-7-5-6-21(31)17-23)30(41)33(24)15-14-19-8-13-25(38-2)26(16-19)39-3/h5-13,16-17,24H,4,14-15,18H2,1-3H3,(H,32,35)/t24-/m0/s1. The molecule has 11 heteroatoms. The Morgan fingerprint density at radius 3 is 2.39 bits per heavy atom. The van der Waals surface area contributed by atoms with Crippen LogP contribution in [0.15, 0.2) is 66.7 Å². The lowest BCUT2D eigenvalue weighted by molar-refractivity contribution is -0.124. The molecular formula is C30H30ClN3O6S. The van der Waals surface area contributed by atoms with Crippen LogP contribution in [-0.2, 0) is 20.7 Å². The molecule has 3 aromatic carbocycles. The molecule has 214 valence electrons. The number of hydrogen-bond acceptors (Lipinski definition) is 7. The number of nitrogens with zero attached hydrogens (tertiary/aromatic N) is 2. The second-order valence-electron chi connectivity index (χ2n) is 9.13. The topological polar surface area (TPSA) is 97.4 Å². The fourth-order valence-corrected chi connectivity index (χ4v) is 5.12. The summed E-state index contributed by atoms with van der Waals surface area (Å²) in [7, 11) is 3.14. The molecule has 1 aliphatic heterocycles. The van der Waals surface area contributed by atoms with Crippen LogP contribution in [0.4, 0.5) is 11.4 Å². The van der Waals surface area contributed by atoms with E-state index in [4.69, 9.17) is 38.0 Å². The monoisotopic (exact) mass is 595 g/mol. The Hall–Kier alpha value is -4.15. The number of amides is 2. The first-order valence-electron chi connectivity index (χ1n) is 12.9. The lowest BCUT2D eigenvalue weighted by Crippen LogP contribution is -2.39. The Kier molecular flexibility index (Phi) is 9.80. The van der Waals surface area contributed by atoms with Crippen LogP contribution in [0.5, 0.6) is 11.5 Å². The van der Waals surface area contributed by atoms with Gasteiger partial charge in [0.25, 0.3) is 5.91 Å². The van der Waals surface area contributed by atoms with Crippen molar-refractivity contribution in [2.75, 3.05) is 37.6 Å². The number of carbonyl (C=O) groups excluding carboxylic acids is 3. The molecule has 3 aromatic rings. The summed E-state index contributed by atoms with van der Waals surface area (Å²) in [5.74, 6) is 0.0637. The van der Waals surface area contributed by atoms with Crippen molar-refractivity contribution in [3.63, 3.8) is 0 Å². The maximum Gasteiger partial charge on any atom is 0.338 e. The summed E-state index contributed by atoms with van der Waals surface area (Å²) in [6.45, 7) is 2.37. The number of nitrogens with one attached hydrogen (secondary N) is 1. The molecule has 0 radical (unpaired) electrons. The molecule has 0 saturated carbocycles. The average Bonchev–Trinajstić information content (AvgIpc) is 3.19. The number of anilines is 2. The lowest BCUT2D eigenvalue weighted by Gasteiger charge is -2.24. The molecule has 1 saturated heterocycles.